The van der Waals surface area contributed by atoms with Crippen molar-refractivity contribution in [2.24, 2.45) is 5.92 Å². The Morgan fingerprint density at radius 3 is 2.72 bits per heavy atom. The number of hydrogen-bond donors (Lipinski definition) is 1. The normalized spacial score (nSPS) is 21.6. The maximum atomic E-state index is 13.7. The number of halogens is 1. The van der Waals surface area contributed by atoms with Crippen molar-refractivity contribution < 1.29 is 14.3 Å². The fourth-order valence-corrected chi connectivity index (χ4v) is 4.76. The van der Waals surface area contributed by atoms with Gasteiger partial charge >= 0.3 is 0 Å². The molecule has 2 unspecified atom stereocenters. The zero-order chi connectivity index (χ0) is 22.7. The van der Waals surface area contributed by atoms with Crippen LogP contribution in [0.4, 0.5) is 0 Å². The molecule has 32 heavy (non-hydrogen) atoms. The third-order valence-corrected chi connectivity index (χ3v) is 6.47. The van der Waals surface area contributed by atoms with Crippen LogP contribution in [0.5, 0.6) is 5.75 Å². The molecule has 4 rings (SSSR count). The third kappa shape index (κ3) is 4.90. The Balaban J connectivity index is 1.77. The summed E-state index contributed by atoms with van der Waals surface area (Å²) >= 11 is 6.33. The highest BCUT2D eigenvalue weighted by Gasteiger charge is 2.42. The second-order valence-corrected chi connectivity index (χ2v) is 9.47. The van der Waals surface area contributed by atoms with Crippen molar-refractivity contribution in [1.29, 1.82) is 0 Å². The van der Waals surface area contributed by atoms with E-state index < -0.39 is 12.1 Å². The van der Waals surface area contributed by atoms with Crippen molar-refractivity contribution in [3.05, 3.63) is 58.9 Å². The predicted octanol–water partition coefficient (Wildman–Crippen LogP) is 4.67. The van der Waals surface area contributed by atoms with Gasteiger partial charge in [-0.1, -0.05) is 50.8 Å². The van der Waals surface area contributed by atoms with Crippen molar-refractivity contribution in [2.75, 3.05) is 0 Å². The Labute approximate surface area is 194 Å². The maximum absolute atomic E-state index is 13.7. The average Bonchev–Trinajstić information content (AvgIpc) is 2.90. The van der Waals surface area contributed by atoms with Gasteiger partial charge in [0.25, 0.3) is 5.91 Å². The van der Waals surface area contributed by atoms with E-state index in [1.807, 2.05) is 26.0 Å². The number of ether oxygens (including phenoxy) is 1. The van der Waals surface area contributed by atoms with Gasteiger partial charge in [0.05, 0.1) is 0 Å². The molecule has 1 saturated carbocycles. The number of pyridine rings is 1. The summed E-state index contributed by atoms with van der Waals surface area (Å²) in [6.07, 6.45) is 8.05. The Morgan fingerprint density at radius 1 is 1.25 bits per heavy atom. The molecule has 0 bridgehead atoms. The number of rotatable bonds is 5. The number of aromatic nitrogens is 1. The summed E-state index contributed by atoms with van der Waals surface area (Å²) in [6, 6.07) is 8.26. The fourth-order valence-electron chi connectivity index (χ4n) is 4.57. The SMILES string of the molecule is CC(C)C1Oc2ccc(Cl)cc2C(C(=O)NC2CCCCC2)N(Cc2cccnc2)C1=O. The molecule has 1 fully saturated rings. The van der Waals surface area contributed by atoms with E-state index in [9.17, 15) is 9.59 Å². The lowest BCUT2D eigenvalue weighted by Crippen LogP contribution is -2.49. The highest BCUT2D eigenvalue weighted by Crippen LogP contribution is 2.38. The van der Waals surface area contributed by atoms with Gasteiger partial charge in [0.15, 0.2) is 6.10 Å². The molecule has 0 saturated heterocycles. The number of carbonyl (C=O) groups is 2. The molecule has 6 nitrogen and oxygen atoms in total. The van der Waals surface area contributed by atoms with Crippen LogP contribution >= 0.6 is 11.6 Å². The van der Waals surface area contributed by atoms with Gasteiger partial charge in [-0.2, -0.15) is 0 Å². The number of benzene rings is 1. The minimum Gasteiger partial charge on any atom is -0.480 e. The van der Waals surface area contributed by atoms with Crippen LogP contribution in [0, 0.1) is 5.92 Å². The number of carbonyl (C=O) groups excluding carboxylic acids is 2. The lowest BCUT2D eigenvalue weighted by Gasteiger charge is -2.33. The van der Waals surface area contributed by atoms with Gasteiger partial charge in [0.2, 0.25) is 5.91 Å². The topological polar surface area (TPSA) is 71.5 Å². The molecule has 2 aliphatic rings. The highest BCUT2D eigenvalue weighted by molar-refractivity contribution is 6.30. The predicted molar refractivity (Wildman–Crippen MR) is 123 cm³/mol. The smallest absolute Gasteiger partial charge is 0.265 e. The molecule has 0 spiro atoms. The minimum absolute atomic E-state index is 0.0671. The number of hydrogen-bond acceptors (Lipinski definition) is 4. The van der Waals surface area contributed by atoms with E-state index in [1.54, 1.807) is 35.5 Å². The van der Waals surface area contributed by atoms with Crippen molar-refractivity contribution in [1.82, 2.24) is 15.2 Å². The van der Waals surface area contributed by atoms with E-state index >= 15 is 0 Å². The summed E-state index contributed by atoms with van der Waals surface area (Å²) in [5.41, 5.74) is 1.47. The van der Waals surface area contributed by atoms with E-state index in [0.29, 0.717) is 16.3 Å². The molecule has 2 heterocycles. The zero-order valence-electron chi connectivity index (χ0n) is 18.6. The summed E-state index contributed by atoms with van der Waals surface area (Å²) in [4.78, 5) is 33.2. The van der Waals surface area contributed by atoms with Gasteiger partial charge in [-0.15, -0.1) is 0 Å². The average molecular weight is 456 g/mol. The van der Waals surface area contributed by atoms with Crippen LogP contribution in [0.2, 0.25) is 5.02 Å². The van der Waals surface area contributed by atoms with Crippen LogP contribution in [-0.4, -0.2) is 33.8 Å². The molecule has 1 aliphatic carbocycles. The Hall–Kier alpha value is -2.60. The maximum Gasteiger partial charge on any atom is 0.265 e. The Bertz CT molecular complexity index is 960. The first-order chi connectivity index (χ1) is 15.4. The van der Waals surface area contributed by atoms with Crippen LogP contribution < -0.4 is 10.1 Å². The van der Waals surface area contributed by atoms with E-state index in [4.69, 9.17) is 16.3 Å². The minimum atomic E-state index is -0.831. The molecule has 1 aromatic carbocycles. The number of amides is 2. The fraction of sp³-hybridized carbons (Fsp3) is 0.480. The molecular weight excluding hydrogens is 426 g/mol. The third-order valence-electron chi connectivity index (χ3n) is 6.24. The second kappa shape index (κ2) is 9.90. The molecule has 2 amide bonds. The molecule has 170 valence electrons. The van der Waals surface area contributed by atoms with Gasteiger partial charge in [-0.05, 0) is 48.6 Å². The molecule has 7 heteroatoms. The molecule has 0 radical (unpaired) electrons. The number of nitrogens with zero attached hydrogens (tertiary/aromatic N) is 2. The first-order valence-electron chi connectivity index (χ1n) is 11.4. The van der Waals surface area contributed by atoms with Crippen LogP contribution in [0.1, 0.15) is 63.1 Å². The summed E-state index contributed by atoms with van der Waals surface area (Å²) in [5.74, 6) is 0.0622. The quantitative estimate of drug-likeness (QED) is 0.711. The molecule has 1 N–H and O–H groups in total. The summed E-state index contributed by atoms with van der Waals surface area (Å²) in [7, 11) is 0. The standard InChI is InChI=1S/C25H30ClN3O3/c1-16(2)23-25(31)29(15-17-7-6-12-27-14-17)22(20-13-18(26)10-11-21(20)32-23)24(30)28-19-8-4-3-5-9-19/h6-7,10-14,16,19,22-23H,3-5,8-9,15H2,1-2H3,(H,28,30). The summed E-state index contributed by atoms with van der Waals surface area (Å²) in [5, 5.41) is 3.71. The lowest BCUT2D eigenvalue weighted by atomic mass is 9.94. The first-order valence-corrected chi connectivity index (χ1v) is 11.8. The van der Waals surface area contributed by atoms with E-state index in [2.05, 4.69) is 10.3 Å². The Morgan fingerprint density at radius 2 is 2.03 bits per heavy atom. The van der Waals surface area contributed by atoms with Crippen molar-refractivity contribution in [3.63, 3.8) is 0 Å². The van der Waals surface area contributed by atoms with Crippen molar-refractivity contribution in [2.45, 2.75) is 70.7 Å². The largest absolute Gasteiger partial charge is 0.480 e. The molecule has 2 aromatic rings. The van der Waals surface area contributed by atoms with E-state index in [0.717, 1.165) is 31.2 Å². The second-order valence-electron chi connectivity index (χ2n) is 9.04. The Kier molecular flexibility index (Phi) is 6.99. The number of nitrogens with one attached hydrogen (secondary N) is 1. The van der Waals surface area contributed by atoms with Crippen LogP contribution in [0.15, 0.2) is 42.7 Å². The van der Waals surface area contributed by atoms with Gasteiger partial charge in [0.1, 0.15) is 11.8 Å². The first kappa shape index (κ1) is 22.6. The van der Waals surface area contributed by atoms with Gasteiger partial charge in [-0.3, -0.25) is 14.6 Å². The monoisotopic (exact) mass is 455 g/mol. The molecule has 2 atom stereocenters. The van der Waals surface area contributed by atoms with Crippen LogP contribution in [0.3, 0.4) is 0 Å². The van der Waals surface area contributed by atoms with Crippen LogP contribution in [0.25, 0.3) is 0 Å². The van der Waals surface area contributed by atoms with Gasteiger partial charge in [-0.25, -0.2) is 0 Å². The molecule has 1 aliphatic heterocycles. The lowest BCUT2D eigenvalue weighted by molar-refractivity contribution is -0.147. The van der Waals surface area contributed by atoms with E-state index in [1.165, 1.54) is 6.42 Å². The number of fused-ring (bicyclic) bond motifs is 1. The van der Waals surface area contributed by atoms with Crippen molar-refractivity contribution in [3.8, 4) is 5.75 Å². The van der Waals surface area contributed by atoms with Gasteiger partial charge < -0.3 is 15.0 Å². The van der Waals surface area contributed by atoms with Crippen molar-refractivity contribution >= 4 is 23.4 Å². The van der Waals surface area contributed by atoms with Crippen LogP contribution in [-0.2, 0) is 16.1 Å². The van der Waals surface area contributed by atoms with E-state index in [-0.39, 0.29) is 30.3 Å². The summed E-state index contributed by atoms with van der Waals surface area (Å²) in [6.45, 7) is 4.15. The highest BCUT2D eigenvalue weighted by atomic mass is 35.5. The van der Waals surface area contributed by atoms with Gasteiger partial charge in [0, 0.05) is 35.6 Å². The summed E-state index contributed by atoms with van der Waals surface area (Å²) < 4.78 is 6.18. The molecule has 1 aromatic heterocycles. The zero-order valence-corrected chi connectivity index (χ0v) is 19.3. The molecular formula is C25H30ClN3O3.